The number of hydrogen-bond acceptors (Lipinski definition) is 2. The van der Waals surface area contributed by atoms with Gasteiger partial charge in [0.15, 0.2) is 0 Å². The molecule has 1 aromatic carbocycles. The second kappa shape index (κ2) is 5.83. The molecule has 0 radical (unpaired) electrons. The van der Waals surface area contributed by atoms with Crippen LogP contribution in [0.4, 0.5) is 0 Å². The van der Waals surface area contributed by atoms with E-state index in [1.165, 1.54) is 22.3 Å². The molecule has 0 aliphatic rings. The predicted octanol–water partition coefficient (Wildman–Crippen LogP) is 2.66. The largest absolute Gasteiger partial charge is 0.313 e. The van der Waals surface area contributed by atoms with Gasteiger partial charge >= 0.3 is 0 Å². The molecule has 0 fully saturated rings. The maximum Gasteiger partial charge on any atom is 0.0662 e. The van der Waals surface area contributed by atoms with Gasteiger partial charge in [-0.05, 0) is 31.5 Å². The molecule has 0 amide bonds. The zero-order valence-corrected chi connectivity index (χ0v) is 11.4. The third-order valence-electron chi connectivity index (χ3n) is 3.10. The normalized spacial score (nSPS) is 10.8. The van der Waals surface area contributed by atoms with Gasteiger partial charge < -0.3 is 5.32 Å². The smallest absolute Gasteiger partial charge is 0.0662 e. The summed E-state index contributed by atoms with van der Waals surface area (Å²) in [6, 6.07) is 6.56. The fourth-order valence-electron chi connectivity index (χ4n) is 2.00. The van der Waals surface area contributed by atoms with E-state index in [0.29, 0.717) is 0 Å². The van der Waals surface area contributed by atoms with Crippen LogP contribution in [0, 0.1) is 13.8 Å². The van der Waals surface area contributed by atoms with Crippen LogP contribution in [0.5, 0.6) is 0 Å². The molecule has 1 aromatic heterocycles. The molecule has 0 atom stereocenters. The highest BCUT2D eigenvalue weighted by atomic mass is 15.3. The van der Waals surface area contributed by atoms with Crippen molar-refractivity contribution >= 4 is 0 Å². The van der Waals surface area contributed by atoms with Crippen LogP contribution in [-0.4, -0.2) is 16.3 Å². The van der Waals surface area contributed by atoms with Crippen LogP contribution < -0.4 is 5.32 Å². The van der Waals surface area contributed by atoms with E-state index in [9.17, 15) is 0 Å². The van der Waals surface area contributed by atoms with Gasteiger partial charge in [0, 0.05) is 18.3 Å². The van der Waals surface area contributed by atoms with Crippen molar-refractivity contribution in [3.05, 3.63) is 52.8 Å². The van der Waals surface area contributed by atoms with Crippen LogP contribution >= 0.6 is 0 Å². The molecule has 0 spiro atoms. The van der Waals surface area contributed by atoms with Crippen molar-refractivity contribution in [2.45, 2.75) is 33.9 Å². The summed E-state index contributed by atoms with van der Waals surface area (Å²) in [4.78, 5) is 0. The Morgan fingerprint density at radius 1 is 1.28 bits per heavy atom. The first kappa shape index (κ1) is 12.8. The van der Waals surface area contributed by atoms with Gasteiger partial charge in [-0.25, -0.2) is 0 Å². The number of nitrogens with zero attached hydrogens (tertiary/aromatic N) is 2. The molecule has 3 nitrogen and oxygen atoms in total. The van der Waals surface area contributed by atoms with Gasteiger partial charge in [0.05, 0.1) is 12.7 Å². The van der Waals surface area contributed by atoms with E-state index in [1.807, 2.05) is 10.9 Å². The minimum Gasteiger partial charge on any atom is -0.313 e. The molecule has 0 saturated heterocycles. The molecule has 18 heavy (non-hydrogen) atoms. The zero-order valence-electron chi connectivity index (χ0n) is 11.4. The summed E-state index contributed by atoms with van der Waals surface area (Å²) in [5.41, 5.74) is 5.20. The molecule has 0 unspecified atom stereocenters. The Balaban J connectivity index is 2.08. The van der Waals surface area contributed by atoms with Crippen LogP contribution in [0.25, 0.3) is 0 Å². The lowest BCUT2D eigenvalue weighted by Gasteiger charge is -2.07. The number of aromatic nitrogens is 2. The first-order valence-electron chi connectivity index (χ1n) is 6.47. The average Bonchev–Trinajstić information content (AvgIpc) is 2.79. The van der Waals surface area contributed by atoms with Crippen molar-refractivity contribution in [1.82, 2.24) is 15.1 Å². The van der Waals surface area contributed by atoms with Crippen molar-refractivity contribution in [3.63, 3.8) is 0 Å². The number of hydrogen-bond donors (Lipinski definition) is 1. The highest BCUT2D eigenvalue weighted by Crippen LogP contribution is 2.12. The Morgan fingerprint density at radius 3 is 2.89 bits per heavy atom. The Labute approximate surface area is 109 Å². The number of nitrogens with one attached hydrogen (secondary N) is 1. The molecular weight excluding hydrogens is 222 g/mol. The molecule has 0 aliphatic heterocycles. The molecule has 3 heteroatoms. The lowest BCUT2D eigenvalue weighted by molar-refractivity contribution is 0.680. The first-order chi connectivity index (χ1) is 8.69. The maximum atomic E-state index is 4.41. The molecule has 96 valence electrons. The summed E-state index contributed by atoms with van der Waals surface area (Å²) >= 11 is 0. The fraction of sp³-hybridized carbons (Fsp3) is 0.400. The van der Waals surface area contributed by atoms with Gasteiger partial charge in [0.1, 0.15) is 0 Å². The van der Waals surface area contributed by atoms with E-state index in [0.717, 1.165) is 19.6 Å². The molecular formula is C15H21N3. The predicted molar refractivity (Wildman–Crippen MR) is 74.6 cm³/mol. The third-order valence-corrected chi connectivity index (χ3v) is 3.10. The highest BCUT2D eigenvalue weighted by molar-refractivity contribution is 5.30. The average molecular weight is 243 g/mol. The van der Waals surface area contributed by atoms with E-state index >= 15 is 0 Å². The Morgan fingerprint density at radius 2 is 2.11 bits per heavy atom. The molecule has 0 bridgehead atoms. The molecule has 2 aromatic rings. The summed E-state index contributed by atoms with van der Waals surface area (Å²) in [5, 5.41) is 7.72. The summed E-state index contributed by atoms with van der Waals surface area (Å²) in [6.45, 7) is 9.12. The third kappa shape index (κ3) is 3.20. The highest BCUT2D eigenvalue weighted by Gasteiger charge is 2.02. The van der Waals surface area contributed by atoms with E-state index in [2.05, 4.69) is 55.6 Å². The molecule has 1 heterocycles. The number of benzene rings is 1. The van der Waals surface area contributed by atoms with Crippen molar-refractivity contribution in [1.29, 1.82) is 0 Å². The van der Waals surface area contributed by atoms with E-state index in [1.54, 1.807) is 0 Å². The van der Waals surface area contributed by atoms with Crippen molar-refractivity contribution in [2.24, 2.45) is 0 Å². The number of aryl methyl sites for hydroxylation is 2. The molecule has 1 N–H and O–H groups in total. The Kier molecular flexibility index (Phi) is 4.15. The summed E-state index contributed by atoms with van der Waals surface area (Å²) in [6.07, 6.45) is 4.05. The topological polar surface area (TPSA) is 29.9 Å². The fourth-order valence-corrected chi connectivity index (χ4v) is 2.00. The maximum absolute atomic E-state index is 4.41. The van der Waals surface area contributed by atoms with Crippen LogP contribution in [-0.2, 0) is 13.1 Å². The van der Waals surface area contributed by atoms with Crippen molar-refractivity contribution in [3.8, 4) is 0 Å². The lowest BCUT2D eigenvalue weighted by Crippen LogP contribution is -2.11. The monoisotopic (exact) mass is 243 g/mol. The number of rotatable bonds is 5. The molecule has 0 aliphatic carbocycles. The Hall–Kier alpha value is -1.61. The van der Waals surface area contributed by atoms with E-state index in [-0.39, 0.29) is 0 Å². The van der Waals surface area contributed by atoms with Gasteiger partial charge in [-0.1, -0.05) is 30.7 Å². The summed E-state index contributed by atoms with van der Waals surface area (Å²) in [7, 11) is 0. The van der Waals surface area contributed by atoms with Crippen LogP contribution in [0.1, 0.15) is 29.2 Å². The second-order valence-corrected chi connectivity index (χ2v) is 4.76. The van der Waals surface area contributed by atoms with Gasteiger partial charge in [0.25, 0.3) is 0 Å². The minimum absolute atomic E-state index is 0.847. The van der Waals surface area contributed by atoms with Crippen molar-refractivity contribution in [2.75, 3.05) is 6.54 Å². The molecule has 2 rings (SSSR count). The zero-order chi connectivity index (χ0) is 13.0. The van der Waals surface area contributed by atoms with Gasteiger partial charge in [-0.2, -0.15) is 5.10 Å². The quantitative estimate of drug-likeness (QED) is 0.875. The SMILES string of the molecule is CCNCc1cnn(Cc2cc(C)ccc2C)c1. The van der Waals surface area contributed by atoms with E-state index < -0.39 is 0 Å². The summed E-state index contributed by atoms with van der Waals surface area (Å²) in [5.74, 6) is 0. The Bertz CT molecular complexity index is 514. The van der Waals surface area contributed by atoms with Crippen LogP contribution in [0.3, 0.4) is 0 Å². The van der Waals surface area contributed by atoms with Gasteiger partial charge in [-0.3, -0.25) is 4.68 Å². The standard InChI is InChI=1S/C15H21N3/c1-4-16-8-14-9-17-18(10-14)11-15-7-12(2)5-6-13(15)3/h5-7,9-10,16H,4,8,11H2,1-3H3. The van der Waals surface area contributed by atoms with Crippen molar-refractivity contribution < 1.29 is 0 Å². The van der Waals surface area contributed by atoms with Crippen LogP contribution in [0.2, 0.25) is 0 Å². The van der Waals surface area contributed by atoms with Crippen LogP contribution in [0.15, 0.2) is 30.6 Å². The summed E-state index contributed by atoms with van der Waals surface area (Å²) < 4.78 is 2.01. The minimum atomic E-state index is 0.847. The van der Waals surface area contributed by atoms with Gasteiger partial charge in [-0.15, -0.1) is 0 Å². The van der Waals surface area contributed by atoms with E-state index in [4.69, 9.17) is 0 Å². The molecule has 0 saturated carbocycles. The lowest BCUT2D eigenvalue weighted by atomic mass is 10.1. The second-order valence-electron chi connectivity index (χ2n) is 4.76. The van der Waals surface area contributed by atoms with Gasteiger partial charge in [0.2, 0.25) is 0 Å². The first-order valence-corrected chi connectivity index (χ1v) is 6.47.